The molecule has 0 fully saturated rings. The topological polar surface area (TPSA) is 128 Å². The number of sulfonamides is 1. The zero-order valence-electron chi connectivity index (χ0n) is 13.8. The number of nitrogens with two attached hydrogens (primary N) is 1. The van der Waals surface area contributed by atoms with Gasteiger partial charge in [-0.25, -0.2) is 13.6 Å². The average Bonchev–Trinajstić information content (AvgIpc) is 2.94. The van der Waals surface area contributed by atoms with E-state index in [1.54, 1.807) is 25.1 Å². The number of amides is 2. The highest BCUT2D eigenvalue weighted by molar-refractivity contribution is 9.10. The third-order valence-electron chi connectivity index (χ3n) is 3.16. The van der Waals surface area contributed by atoms with Gasteiger partial charge in [-0.1, -0.05) is 22.0 Å². The van der Waals surface area contributed by atoms with Crippen molar-refractivity contribution in [2.24, 2.45) is 5.14 Å². The molecule has 1 heterocycles. The van der Waals surface area contributed by atoms with E-state index in [1.807, 2.05) is 6.07 Å². The minimum atomic E-state index is -3.89. The second kappa shape index (κ2) is 8.16. The first-order valence-electron chi connectivity index (χ1n) is 7.23. The van der Waals surface area contributed by atoms with Crippen LogP contribution in [0.25, 0.3) is 0 Å². The number of thiophene rings is 1. The number of hydrogen-bond donors (Lipinski definition) is 3. The zero-order chi connectivity index (χ0) is 19.5. The first-order valence-corrected chi connectivity index (χ1v) is 10.4. The lowest BCUT2D eigenvalue weighted by Gasteiger charge is -2.15. The first-order chi connectivity index (χ1) is 12.1. The number of nitrogens with one attached hydrogen (secondary N) is 2. The molecule has 0 radical (unpaired) electrons. The summed E-state index contributed by atoms with van der Waals surface area (Å²) in [6.07, 6.45) is -0.867. The van der Waals surface area contributed by atoms with Gasteiger partial charge in [0.15, 0.2) is 6.10 Å². The van der Waals surface area contributed by atoms with Crippen LogP contribution in [-0.4, -0.2) is 26.3 Å². The molecule has 0 spiro atoms. The Bertz CT molecular complexity index is 943. The molecule has 2 amide bonds. The van der Waals surface area contributed by atoms with Gasteiger partial charge >= 0.3 is 0 Å². The molecule has 0 aliphatic carbocycles. The maximum absolute atomic E-state index is 12.1. The Hall–Kier alpha value is -1.95. The van der Waals surface area contributed by atoms with E-state index in [1.165, 1.54) is 13.0 Å². The van der Waals surface area contributed by atoms with Gasteiger partial charge < -0.3 is 4.74 Å². The zero-order valence-corrected chi connectivity index (χ0v) is 17.0. The molecular weight excluding hydrogens is 446 g/mol. The molecule has 8 nitrogen and oxygen atoms in total. The van der Waals surface area contributed by atoms with Gasteiger partial charge in [0, 0.05) is 4.47 Å². The van der Waals surface area contributed by atoms with Crippen LogP contribution >= 0.6 is 27.3 Å². The molecule has 2 aromatic rings. The van der Waals surface area contributed by atoms with Gasteiger partial charge in [-0.2, -0.15) is 0 Å². The number of carbonyl (C=O) groups is 2. The smallest absolute Gasteiger partial charge is 0.280 e. The minimum Gasteiger partial charge on any atom is -0.481 e. The van der Waals surface area contributed by atoms with E-state index >= 15 is 0 Å². The average molecular weight is 462 g/mol. The maximum atomic E-state index is 12.1. The van der Waals surface area contributed by atoms with Crippen molar-refractivity contribution in [2.75, 3.05) is 0 Å². The number of aryl methyl sites for hydroxylation is 1. The standard InChI is InChI=1S/C15H16BrN3O5S2/c1-8-6-12(26(17,22)23)25-13(8)15(21)19-18-14(20)9(2)24-11-5-3-4-10(16)7-11/h3-7,9H,1-2H3,(H,18,20)(H,19,21)(H2,17,22,23). The van der Waals surface area contributed by atoms with Gasteiger partial charge in [0.2, 0.25) is 10.0 Å². The molecule has 1 aromatic heterocycles. The quantitative estimate of drug-likeness (QED) is 0.583. The van der Waals surface area contributed by atoms with Crippen LogP contribution in [0.3, 0.4) is 0 Å². The Morgan fingerprint density at radius 1 is 1.27 bits per heavy atom. The van der Waals surface area contributed by atoms with Gasteiger partial charge in [-0.05, 0) is 43.7 Å². The van der Waals surface area contributed by atoms with Crippen LogP contribution < -0.4 is 20.7 Å². The molecule has 0 saturated carbocycles. The van der Waals surface area contributed by atoms with Crippen molar-refractivity contribution in [2.45, 2.75) is 24.2 Å². The predicted octanol–water partition coefficient (Wildman–Crippen LogP) is 1.69. The summed E-state index contributed by atoms with van der Waals surface area (Å²) in [7, 11) is -3.89. The van der Waals surface area contributed by atoms with E-state index in [9.17, 15) is 18.0 Å². The fourth-order valence-corrected chi connectivity index (χ4v) is 4.13. The summed E-state index contributed by atoms with van der Waals surface area (Å²) in [5, 5.41) is 5.05. The van der Waals surface area contributed by atoms with E-state index < -0.39 is 27.9 Å². The Labute approximate surface area is 162 Å². The van der Waals surface area contributed by atoms with Crippen LogP contribution in [0.4, 0.5) is 0 Å². The monoisotopic (exact) mass is 461 g/mol. The summed E-state index contributed by atoms with van der Waals surface area (Å²) >= 11 is 4.03. The Kier molecular flexibility index (Phi) is 6.39. The van der Waals surface area contributed by atoms with Gasteiger partial charge in [0.25, 0.3) is 11.8 Å². The van der Waals surface area contributed by atoms with Gasteiger partial charge in [-0.3, -0.25) is 20.4 Å². The Morgan fingerprint density at radius 2 is 1.96 bits per heavy atom. The molecule has 0 aliphatic rings. The summed E-state index contributed by atoms with van der Waals surface area (Å²) in [5.41, 5.74) is 4.91. The predicted molar refractivity (Wildman–Crippen MR) is 100 cm³/mol. The summed E-state index contributed by atoms with van der Waals surface area (Å²) in [6, 6.07) is 8.27. The summed E-state index contributed by atoms with van der Waals surface area (Å²) in [5.74, 6) is -0.732. The summed E-state index contributed by atoms with van der Waals surface area (Å²) in [4.78, 5) is 24.3. The number of ether oxygens (including phenoxy) is 1. The lowest BCUT2D eigenvalue weighted by molar-refractivity contribution is -0.128. The van der Waals surface area contributed by atoms with Crippen LogP contribution in [0.5, 0.6) is 5.75 Å². The van der Waals surface area contributed by atoms with Crippen molar-refractivity contribution in [3.8, 4) is 5.75 Å². The lowest BCUT2D eigenvalue weighted by atomic mass is 10.3. The molecule has 11 heteroatoms. The molecule has 140 valence electrons. The number of carbonyl (C=O) groups excluding carboxylic acids is 2. The van der Waals surface area contributed by atoms with E-state index in [2.05, 4.69) is 26.8 Å². The first kappa shape index (κ1) is 20.4. The fourth-order valence-electron chi connectivity index (χ4n) is 1.89. The molecule has 26 heavy (non-hydrogen) atoms. The third kappa shape index (κ3) is 5.27. The van der Waals surface area contributed by atoms with Crippen LogP contribution in [0, 0.1) is 6.92 Å². The van der Waals surface area contributed by atoms with E-state index in [-0.39, 0.29) is 9.09 Å². The Balaban J connectivity index is 1.96. The molecule has 4 N–H and O–H groups in total. The minimum absolute atomic E-state index is 0.127. The molecule has 0 bridgehead atoms. The van der Waals surface area contributed by atoms with E-state index in [0.717, 1.165) is 15.8 Å². The van der Waals surface area contributed by atoms with Crippen molar-refractivity contribution in [3.63, 3.8) is 0 Å². The molecule has 0 saturated heterocycles. The molecule has 2 rings (SSSR count). The lowest BCUT2D eigenvalue weighted by Crippen LogP contribution is -2.47. The van der Waals surface area contributed by atoms with Crippen molar-refractivity contribution in [1.82, 2.24) is 10.9 Å². The molecule has 1 atom stereocenters. The van der Waals surface area contributed by atoms with Crippen LogP contribution in [0.15, 0.2) is 39.0 Å². The highest BCUT2D eigenvalue weighted by Crippen LogP contribution is 2.24. The van der Waals surface area contributed by atoms with Gasteiger partial charge in [0.05, 0.1) is 4.88 Å². The van der Waals surface area contributed by atoms with Crippen molar-refractivity contribution >= 4 is 49.1 Å². The van der Waals surface area contributed by atoms with Crippen LogP contribution in [-0.2, 0) is 14.8 Å². The number of hydrazine groups is 1. The summed E-state index contributed by atoms with van der Waals surface area (Å²) in [6.45, 7) is 3.10. The Morgan fingerprint density at radius 3 is 2.54 bits per heavy atom. The number of primary sulfonamides is 1. The number of hydrogen-bond acceptors (Lipinski definition) is 6. The van der Waals surface area contributed by atoms with E-state index in [0.29, 0.717) is 11.3 Å². The number of halogens is 1. The normalized spacial score (nSPS) is 12.3. The van der Waals surface area contributed by atoms with Gasteiger partial charge in [0.1, 0.15) is 9.96 Å². The van der Waals surface area contributed by atoms with E-state index in [4.69, 9.17) is 9.88 Å². The third-order valence-corrected chi connectivity index (χ3v) is 6.31. The largest absolute Gasteiger partial charge is 0.481 e. The number of benzene rings is 1. The van der Waals surface area contributed by atoms with Crippen LogP contribution in [0.1, 0.15) is 22.2 Å². The van der Waals surface area contributed by atoms with Crippen molar-refractivity contribution < 1.29 is 22.7 Å². The second-order valence-electron chi connectivity index (χ2n) is 5.28. The summed E-state index contributed by atoms with van der Waals surface area (Å²) < 4.78 is 28.8. The van der Waals surface area contributed by atoms with Gasteiger partial charge in [-0.15, -0.1) is 11.3 Å². The SMILES string of the molecule is Cc1cc(S(N)(=O)=O)sc1C(=O)NNC(=O)C(C)Oc1cccc(Br)c1. The second-order valence-corrected chi connectivity index (χ2v) is 9.04. The maximum Gasteiger partial charge on any atom is 0.280 e. The van der Waals surface area contributed by atoms with Crippen molar-refractivity contribution in [1.29, 1.82) is 0 Å². The highest BCUT2D eigenvalue weighted by atomic mass is 79.9. The van der Waals surface area contributed by atoms with Crippen LogP contribution in [0.2, 0.25) is 0 Å². The number of rotatable bonds is 5. The molecule has 1 aromatic carbocycles. The highest BCUT2D eigenvalue weighted by Gasteiger charge is 2.21. The fraction of sp³-hybridized carbons (Fsp3) is 0.200. The van der Waals surface area contributed by atoms with Crippen molar-refractivity contribution in [3.05, 3.63) is 45.2 Å². The molecular formula is C15H16BrN3O5S2. The molecule has 1 unspecified atom stereocenters. The molecule has 0 aliphatic heterocycles.